The standard InChI is InChI=1S/C19H25N3O2/c1-19(2,3)14-6-4-5-7-15(14)21-18(23)16-12-17(24-22-16)13-8-10-20-11-9-13/h8-12,14-15H,4-7H2,1-3H3,(H,21,23). The third kappa shape index (κ3) is 3.66. The highest BCUT2D eigenvalue weighted by atomic mass is 16.5. The maximum absolute atomic E-state index is 12.6. The van der Waals surface area contributed by atoms with Crippen molar-refractivity contribution in [1.29, 1.82) is 0 Å². The molecule has 1 aliphatic rings. The molecular formula is C19H25N3O2. The van der Waals surface area contributed by atoms with Crippen molar-refractivity contribution in [2.45, 2.75) is 52.5 Å². The average molecular weight is 327 g/mol. The second-order valence-corrected chi connectivity index (χ2v) is 7.65. The molecule has 0 bridgehead atoms. The van der Waals surface area contributed by atoms with Crippen molar-refractivity contribution in [2.75, 3.05) is 0 Å². The first-order valence-corrected chi connectivity index (χ1v) is 8.63. The van der Waals surface area contributed by atoms with Crippen molar-refractivity contribution < 1.29 is 9.32 Å². The molecule has 2 atom stereocenters. The normalized spacial score (nSPS) is 21.5. The van der Waals surface area contributed by atoms with Gasteiger partial charge in [-0.1, -0.05) is 38.8 Å². The number of aromatic nitrogens is 2. The van der Waals surface area contributed by atoms with Gasteiger partial charge in [-0.2, -0.15) is 0 Å². The average Bonchev–Trinajstić information content (AvgIpc) is 3.05. The van der Waals surface area contributed by atoms with E-state index in [-0.39, 0.29) is 17.4 Å². The van der Waals surface area contributed by atoms with Crippen LogP contribution in [0.5, 0.6) is 0 Å². The van der Waals surface area contributed by atoms with Crippen molar-refractivity contribution in [2.24, 2.45) is 11.3 Å². The summed E-state index contributed by atoms with van der Waals surface area (Å²) in [5.74, 6) is 0.917. The Morgan fingerprint density at radius 3 is 2.62 bits per heavy atom. The van der Waals surface area contributed by atoms with E-state index >= 15 is 0 Å². The molecule has 2 heterocycles. The minimum absolute atomic E-state index is 0.153. The highest BCUT2D eigenvalue weighted by Gasteiger charge is 2.35. The lowest BCUT2D eigenvalue weighted by atomic mass is 9.69. The molecule has 0 saturated heterocycles. The van der Waals surface area contributed by atoms with Gasteiger partial charge in [-0.05, 0) is 36.3 Å². The predicted molar refractivity (Wildman–Crippen MR) is 92.4 cm³/mol. The minimum Gasteiger partial charge on any atom is -0.355 e. The fraction of sp³-hybridized carbons (Fsp3) is 0.526. The largest absolute Gasteiger partial charge is 0.355 e. The van der Waals surface area contributed by atoms with Gasteiger partial charge < -0.3 is 9.84 Å². The number of amides is 1. The van der Waals surface area contributed by atoms with E-state index in [0.717, 1.165) is 18.4 Å². The van der Waals surface area contributed by atoms with Crippen LogP contribution in [0.25, 0.3) is 11.3 Å². The zero-order chi connectivity index (χ0) is 17.2. The topological polar surface area (TPSA) is 68.0 Å². The number of nitrogens with one attached hydrogen (secondary N) is 1. The van der Waals surface area contributed by atoms with Gasteiger partial charge >= 0.3 is 0 Å². The van der Waals surface area contributed by atoms with Gasteiger partial charge in [0.05, 0.1) is 0 Å². The SMILES string of the molecule is CC(C)(C)C1CCCCC1NC(=O)c1cc(-c2ccncc2)on1. The van der Waals surface area contributed by atoms with Crippen LogP contribution in [0.3, 0.4) is 0 Å². The van der Waals surface area contributed by atoms with E-state index in [1.54, 1.807) is 18.5 Å². The molecule has 5 nitrogen and oxygen atoms in total. The maximum atomic E-state index is 12.6. The lowest BCUT2D eigenvalue weighted by Gasteiger charge is -2.40. The van der Waals surface area contributed by atoms with Crippen molar-refractivity contribution in [3.05, 3.63) is 36.3 Å². The van der Waals surface area contributed by atoms with Crippen molar-refractivity contribution in [1.82, 2.24) is 15.5 Å². The second-order valence-electron chi connectivity index (χ2n) is 7.65. The van der Waals surface area contributed by atoms with Crippen LogP contribution in [0.4, 0.5) is 0 Å². The zero-order valence-corrected chi connectivity index (χ0v) is 14.6. The first-order valence-electron chi connectivity index (χ1n) is 8.63. The van der Waals surface area contributed by atoms with Gasteiger partial charge in [-0.3, -0.25) is 9.78 Å². The molecule has 1 aliphatic carbocycles. The van der Waals surface area contributed by atoms with Crippen molar-refractivity contribution in [3.8, 4) is 11.3 Å². The van der Waals surface area contributed by atoms with E-state index in [2.05, 4.69) is 36.2 Å². The molecule has 5 heteroatoms. The molecule has 1 saturated carbocycles. The summed E-state index contributed by atoms with van der Waals surface area (Å²) in [6, 6.07) is 5.56. The monoisotopic (exact) mass is 327 g/mol. The summed E-state index contributed by atoms with van der Waals surface area (Å²) in [5, 5.41) is 7.12. The van der Waals surface area contributed by atoms with Crippen molar-refractivity contribution >= 4 is 5.91 Å². The summed E-state index contributed by atoms with van der Waals surface area (Å²) >= 11 is 0. The van der Waals surface area contributed by atoms with E-state index < -0.39 is 0 Å². The van der Waals surface area contributed by atoms with E-state index in [1.165, 1.54) is 12.8 Å². The van der Waals surface area contributed by atoms with E-state index in [4.69, 9.17) is 4.52 Å². The number of hydrogen-bond donors (Lipinski definition) is 1. The summed E-state index contributed by atoms with van der Waals surface area (Å²) in [7, 11) is 0. The van der Waals surface area contributed by atoms with Crippen LogP contribution in [0, 0.1) is 11.3 Å². The van der Waals surface area contributed by atoms with Gasteiger partial charge in [0, 0.05) is 30.1 Å². The molecule has 128 valence electrons. The summed E-state index contributed by atoms with van der Waals surface area (Å²) in [4.78, 5) is 16.6. The van der Waals surface area contributed by atoms with Gasteiger partial charge in [-0.25, -0.2) is 0 Å². The Labute approximate surface area is 142 Å². The molecule has 2 aromatic heterocycles. The van der Waals surface area contributed by atoms with Crippen LogP contribution in [0.15, 0.2) is 35.1 Å². The van der Waals surface area contributed by atoms with E-state index in [1.807, 2.05) is 12.1 Å². The molecule has 0 radical (unpaired) electrons. The summed E-state index contributed by atoms with van der Waals surface area (Å²) < 4.78 is 5.32. The van der Waals surface area contributed by atoms with Crippen LogP contribution in [-0.2, 0) is 0 Å². The minimum atomic E-state index is -0.153. The van der Waals surface area contributed by atoms with E-state index in [0.29, 0.717) is 17.4 Å². The molecule has 0 aromatic carbocycles. The Kier molecular flexibility index (Phi) is 4.69. The van der Waals surface area contributed by atoms with Crippen LogP contribution in [0.2, 0.25) is 0 Å². The van der Waals surface area contributed by atoms with Crippen LogP contribution in [-0.4, -0.2) is 22.1 Å². The fourth-order valence-electron chi connectivity index (χ4n) is 3.62. The predicted octanol–water partition coefficient (Wildman–Crippen LogP) is 4.07. The molecule has 2 unspecified atom stereocenters. The molecule has 0 spiro atoms. The van der Waals surface area contributed by atoms with Gasteiger partial charge in [0.15, 0.2) is 11.5 Å². The number of hydrogen-bond acceptors (Lipinski definition) is 4. The maximum Gasteiger partial charge on any atom is 0.273 e. The van der Waals surface area contributed by atoms with Crippen LogP contribution in [0.1, 0.15) is 56.9 Å². The molecule has 0 aliphatic heterocycles. The Bertz CT molecular complexity index is 688. The Hall–Kier alpha value is -2.17. The first kappa shape index (κ1) is 16.7. The lowest BCUT2D eigenvalue weighted by Crippen LogP contribution is -2.46. The highest BCUT2D eigenvalue weighted by Crippen LogP contribution is 2.38. The molecule has 1 fully saturated rings. The van der Waals surface area contributed by atoms with Gasteiger partial charge in [-0.15, -0.1) is 0 Å². The number of pyridine rings is 1. The lowest BCUT2D eigenvalue weighted by molar-refractivity contribution is 0.0821. The Morgan fingerprint density at radius 2 is 1.92 bits per heavy atom. The van der Waals surface area contributed by atoms with Gasteiger partial charge in [0.2, 0.25) is 0 Å². The fourth-order valence-corrected chi connectivity index (χ4v) is 3.62. The molecule has 1 amide bonds. The zero-order valence-electron chi connectivity index (χ0n) is 14.6. The second kappa shape index (κ2) is 6.75. The van der Waals surface area contributed by atoms with Crippen LogP contribution < -0.4 is 5.32 Å². The molecular weight excluding hydrogens is 302 g/mol. The third-order valence-electron chi connectivity index (χ3n) is 4.90. The van der Waals surface area contributed by atoms with Crippen LogP contribution >= 0.6 is 0 Å². The smallest absolute Gasteiger partial charge is 0.273 e. The summed E-state index contributed by atoms with van der Waals surface area (Å²) in [5.41, 5.74) is 1.38. The number of nitrogens with zero attached hydrogens (tertiary/aromatic N) is 2. The van der Waals surface area contributed by atoms with Gasteiger partial charge in [0.25, 0.3) is 5.91 Å². The summed E-state index contributed by atoms with van der Waals surface area (Å²) in [6.45, 7) is 6.75. The third-order valence-corrected chi connectivity index (χ3v) is 4.90. The number of carbonyl (C=O) groups excluding carboxylic acids is 1. The van der Waals surface area contributed by atoms with Gasteiger partial charge in [0.1, 0.15) is 0 Å². The number of rotatable bonds is 3. The molecule has 3 rings (SSSR count). The Balaban J connectivity index is 1.72. The molecule has 1 N–H and O–H groups in total. The highest BCUT2D eigenvalue weighted by molar-refractivity contribution is 5.93. The quantitative estimate of drug-likeness (QED) is 0.922. The first-order chi connectivity index (χ1) is 11.4. The van der Waals surface area contributed by atoms with E-state index in [9.17, 15) is 4.79 Å². The molecule has 2 aromatic rings. The van der Waals surface area contributed by atoms with Crippen molar-refractivity contribution in [3.63, 3.8) is 0 Å². The Morgan fingerprint density at radius 1 is 1.21 bits per heavy atom. The summed E-state index contributed by atoms with van der Waals surface area (Å²) in [6.07, 6.45) is 7.97. The number of carbonyl (C=O) groups is 1. The molecule has 24 heavy (non-hydrogen) atoms.